The molecule has 0 saturated heterocycles. The van der Waals surface area contributed by atoms with Crippen molar-refractivity contribution in [3.63, 3.8) is 0 Å². The van der Waals surface area contributed by atoms with Crippen LogP contribution in [0.3, 0.4) is 0 Å². The predicted octanol–water partition coefficient (Wildman–Crippen LogP) is 3.21. The normalized spacial score (nSPS) is 19.7. The Balaban J connectivity index is 1.77. The molecule has 0 bridgehead atoms. The Bertz CT molecular complexity index is 1110. The van der Waals surface area contributed by atoms with Gasteiger partial charge in [-0.2, -0.15) is 5.10 Å². The molecule has 0 radical (unpaired) electrons. The quantitative estimate of drug-likeness (QED) is 0.711. The van der Waals surface area contributed by atoms with Crippen LogP contribution >= 0.6 is 15.9 Å². The van der Waals surface area contributed by atoms with E-state index in [1.54, 1.807) is 0 Å². The number of carbonyl (C=O) groups is 1. The maximum Gasteiger partial charge on any atom is 0.331 e. The number of rotatable bonds is 3. The molecule has 1 saturated carbocycles. The first kappa shape index (κ1) is 20.6. The molecule has 4 rings (SSSR count). The molecule has 30 heavy (non-hydrogen) atoms. The minimum atomic E-state index is -0.691. The van der Waals surface area contributed by atoms with E-state index in [1.807, 2.05) is 24.3 Å². The van der Waals surface area contributed by atoms with Crippen LogP contribution in [0, 0.1) is 0 Å². The minimum absolute atomic E-state index is 0.0361. The number of amides is 1. The first-order chi connectivity index (χ1) is 14.4. The second kappa shape index (κ2) is 8.22. The number of hydrazone groups is 1. The lowest BCUT2D eigenvalue weighted by Crippen LogP contribution is -2.36. The highest BCUT2D eigenvalue weighted by Gasteiger charge is 2.35. The molecule has 8 nitrogen and oxygen atoms in total. The van der Waals surface area contributed by atoms with Crippen LogP contribution < -0.4 is 11.2 Å². The van der Waals surface area contributed by atoms with Crippen LogP contribution in [0.4, 0.5) is 0 Å². The van der Waals surface area contributed by atoms with E-state index in [1.165, 1.54) is 16.5 Å². The number of hydrogen-bond acceptors (Lipinski definition) is 5. The van der Waals surface area contributed by atoms with E-state index in [-0.39, 0.29) is 35.9 Å². The smallest absolute Gasteiger partial charge is 0.331 e. The molecule has 1 atom stereocenters. The Morgan fingerprint density at radius 1 is 1.17 bits per heavy atom. The summed E-state index contributed by atoms with van der Waals surface area (Å²) in [4.78, 5) is 39.6. The van der Waals surface area contributed by atoms with Gasteiger partial charge in [-0.15, -0.1) is 0 Å². The molecule has 1 aliphatic heterocycles. The third-order valence-electron chi connectivity index (χ3n) is 5.83. The molecular formula is C21H23BrN4O4. The van der Waals surface area contributed by atoms with Crippen molar-refractivity contribution in [1.82, 2.24) is 14.6 Å². The first-order valence-corrected chi connectivity index (χ1v) is 10.9. The van der Waals surface area contributed by atoms with Gasteiger partial charge in [-0.3, -0.25) is 19.1 Å². The van der Waals surface area contributed by atoms with Gasteiger partial charge in [0.25, 0.3) is 5.56 Å². The third-order valence-corrected chi connectivity index (χ3v) is 6.36. The van der Waals surface area contributed by atoms with Crippen molar-refractivity contribution in [2.24, 2.45) is 5.10 Å². The highest BCUT2D eigenvalue weighted by atomic mass is 79.9. The molecule has 158 valence electrons. The van der Waals surface area contributed by atoms with E-state index in [4.69, 9.17) is 0 Å². The lowest BCUT2D eigenvalue weighted by atomic mass is 9.95. The number of aromatic amines is 1. The van der Waals surface area contributed by atoms with Crippen molar-refractivity contribution in [2.75, 3.05) is 0 Å². The fourth-order valence-electron chi connectivity index (χ4n) is 4.37. The zero-order valence-electron chi connectivity index (χ0n) is 16.6. The maximum atomic E-state index is 12.6. The lowest BCUT2D eigenvalue weighted by Gasteiger charge is -2.25. The van der Waals surface area contributed by atoms with Gasteiger partial charge in [-0.25, -0.2) is 9.80 Å². The number of halogens is 1. The molecule has 2 heterocycles. The number of carbonyl (C=O) groups excluding carboxylic acids is 1. The van der Waals surface area contributed by atoms with E-state index in [2.05, 4.69) is 26.0 Å². The van der Waals surface area contributed by atoms with Crippen molar-refractivity contribution in [1.29, 1.82) is 0 Å². The summed E-state index contributed by atoms with van der Waals surface area (Å²) < 4.78 is 2.19. The van der Waals surface area contributed by atoms with Crippen molar-refractivity contribution in [2.45, 2.75) is 57.5 Å². The number of nitrogens with one attached hydrogen (secondary N) is 1. The van der Waals surface area contributed by atoms with Crippen LogP contribution in [0.5, 0.6) is 5.88 Å². The number of H-pyrrole nitrogens is 1. The monoisotopic (exact) mass is 474 g/mol. The zero-order chi connectivity index (χ0) is 21.4. The first-order valence-electron chi connectivity index (χ1n) is 10.1. The van der Waals surface area contributed by atoms with Gasteiger partial charge in [0.15, 0.2) is 0 Å². The Kier molecular flexibility index (Phi) is 5.64. The van der Waals surface area contributed by atoms with Crippen LogP contribution in [-0.4, -0.2) is 31.3 Å². The third kappa shape index (κ3) is 3.74. The summed E-state index contributed by atoms with van der Waals surface area (Å²) in [6.07, 6.45) is 4.84. The van der Waals surface area contributed by atoms with E-state index >= 15 is 0 Å². The van der Waals surface area contributed by atoms with E-state index in [9.17, 15) is 19.5 Å². The number of aromatic hydroxyl groups is 1. The van der Waals surface area contributed by atoms with Crippen LogP contribution in [0.25, 0.3) is 0 Å². The summed E-state index contributed by atoms with van der Waals surface area (Å²) in [6.45, 7) is 1.41. The number of nitrogens with zero attached hydrogens (tertiary/aromatic N) is 3. The van der Waals surface area contributed by atoms with Gasteiger partial charge in [-0.1, -0.05) is 47.3 Å². The Hall–Kier alpha value is -2.68. The fraction of sp³-hybridized carbons (Fsp3) is 0.429. The van der Waals surface area contributed by atoms with Gasteiger partial charge in [-0.05, 0) is 30.5 Å². The van der Waals surface area contributed by atoms with Gasteiger partial charge < -0.3 is 5.11 Å². The molecule has 1 amide bonds. The maximum absolute atomic E-state index is 12.6. The Morgan fingerprint density at radius 3 is 2.47 bits per heavy atom. The van der Waals surface area contributed by atoms with E-state index < -0.39 is 11.2 Å². The summed E-state index contributed by atoms with van der Waals surface area (Å²) in [5, 5.41) is 16.6. The van der Waals surface area contributed by atoms with Gasteiger partial charge in [0.1, 0.15) is 5.56 Å². The number of hydrogen-bond donors (Lipinski definition) is 2. The summed E-state index contributed by atoms with van der Waals surface area (Å²) in [5.41, 5.74) is -0.181. The van der Waals surface area contributed by atoms with Crippen LogP contribution in [0.15, 0.2) is 43.4 Å². The van der Waals surface area contributed by atoms with Gasteiger partial charge in [0, 0.05) is 23.9 Å². The standard InChI is InChI=1S/C21H23BrN4O4/c1-12(27)26-17(13-7-9-14(22)10-8-13)11-16(24-26)18-19(28)23-21(30)25(20(18)29)15-5-3-2-4-6-15/h7-10,15,17,29H,2-6,11H2,1H3,(H,23,28,30)/t17-/m0/s1. The molecular weight excluding hydrogens is 452 g/mol. The second-order valence-corrected chi connectivity index (χ2v) is 8.72. The summed E-state index contributed by atoms with van der Waals surface area (Å²) in [6, 6.07) is 6.97. The summed E-state index contributed by atoms with van der Waals surface area (Å²) in [7, 11) is 0. The Labute approximate surface area is 181 Å². The fourth-order valence-corrected chi connectivity index (χ4v) is 4.64. The summed E-state index contributed by atoms with van der Waals surface area (Å²) >= 11 is 3.40. The van der Waals surface area contributed by atoms with Crippen LogP contribution in [-0.2, 0) is 4.79 Å². The Morgan fingerprint density at radius 2 is 1.83 bits per heavy atom. The van der Waals surface area contributed by atoms with Crippen LogP contribution in [0.1, 0.15) is 68.7 Å². The van der Waals surface area contributed by atoms with Crippen molar-refractivity contribution in [3.8, 4) is 5.88 Å². The highest BCUT2D eigenvalue weighted by molar-refractivity contribution is 9.10. The largest absolute Gasteiger partial charge is 0.494 e. The topological polar surface area (TPSA) is 108 Å². The lowest BCUT2D eigenvalue weighted by molar-refractivity contribution is -0.130. The van der Waals surface area contributed by atoms with Gasteiger partial charge in [0.05, 0.1) is 11.8 Å². The van der Waals surface area contributed by atoms with Gasteiger partial charge in [0.2, 0.25) is 11.8 Å². The average Bonchev–Trinajstić information content (AvgIpc) is 3.14. The molecule has 1 aliphatic carbocycles. The molecule has 0 unspecified atom stereocenters. The molecule has 2 aromatic rings. The molecule has 2 aliphatic rings. The number of benzene rings is 1. The highest BCUT2D eigenvalue weighted by Crippen LogP contribution is 2.35. The molecule has 1 fully saturated rings. The van der Waals surface area contributed by atoms with E-state index in [0.717, 1.165) is 42.1 Å². The molecule has 1 aromatic heterocycles. The van der Waals surface area contributed by atoms with Crippen LogP contribution in [0.2, 0.25) is 0 Å². The van der Waals surface area contributed by atoms with Crippen molar-refractivity contribution < 1.29 is 9.90 Å². The average molecular weight is 475 g/mol. The molecule has 2 N–H and O–H groups in total. The van der Waals surface area contributed by atoms with Crippen molar-refractivity contribution in [3.05, 3.63) is 60.7 Å². The molecule has 1 aromatic carbocycles. The predicted molar refractivity (Wildman–Crippen MR) is 116 cm³/mol. The number of aromatic nitrogens is 2. The van der Waals surface area contributed by atoms with Gasteiger partial charge >= 0.3 is 5.69 Å². The van der Waals surface area contributed by atoms with Crippen molar-refractivity contribution >= 4 is 27.5 Å². The molecule has 9 heteroatoms. The SMILES string of the molecule is CC(=O)N1N=C(c2c(O)n(C3CCCCC3)c(=O)[nH]c2=O)C[C@H]1c1ccc(Br)cc1. The molecule has 0 spiro atoms. The second-order valence-electron chi connectivity index (χ2n) is 7.80. The van der Waals surface area contributed by atoms with E-state index in [0.29, 0.717) is 5.71 Å². The minimum Gasteiger partial charge on any atom is -0.494 e. The zero-order valence-corrected chi connectivity index (χ0v) is 18.2. The summed E-state index contributed by atoms with van der Waals surface area (Å²) in [5.74, 6) is -0.635.